The van der Waals surface area contributed by atoms with Gasteiger partial charge in [0.1, 0.15) is 23.0 Å². The number of hydrogen-bond donors (Lipinski definition) is 0. The third-order valence-electron chi connectivity index (χ3n) is 3.77. The molecule has 0 radical (unpaired) electrons. The highest BCUT2D eigenvalue weighted by Gasteiger charge is 2.07. The lowest BCUT2D eigenvalue weighted by Crippen LogP contribution is -1.92. The molecular weight excluding hydrogens is 387 g/mol. The van der Waals surface area contributed by atoms with Crippen LogP contribution in [0.4, 0.5) is 0 Å². The fraction of sp³-hybridized carbons (Fsp3) is 0.0476. The largest absolute Gasteiger partial charge is 0.457 e. The maximum atomic E-state index is 11.1. The summed E-state index contributed by atoms with van der Waals surface area (Å²) < 4.78 is 11.6. The molecule has 0 aliphatic heterocycles. The van der Waals surface area contributed by atoms with E-state index in [-0.39, 0.29) is 0 Å². The molecule has 0 atom stereocenters. The molecular formula is C21H14Cl2O4. The van der Waals surface area contributed by atoms with Gasteiger partial charge >= 0.3 is 0 Å². The van der Waals surface area contributed by atoms with Crippen molar-refractivity contribution in [2.75, 3.05) is 0 Å². The molecule has 4 nitrogen and oxygen atoms in total. The van der Waals surface area contributed by atoms with Crippen LogP contribution in [0.1, 0.15) is 26.3 Å². The molecule has 0 unspecified atom stereocenters. The second-order valence-electron chi connectivity index (χ2n) is 5.73. The average Bonchev–Trinajstić information content (AvgIpc) is 2.65. The minimum Gasteiger partial charge on any atom is -0.457 e. The summed E-state index contributed by atoms with van der Waals surface area (Å²) in [5.74, 6) is 2.48. The van der Waals surface area contributed by atoms with E-state index in [4.69, 9.17) is 32.7 Å². The van der Waals surface area contributed by atoms with Crippen LogP contribution in [0.25, 0.3) is 0 Å². The normalized spacial score (nSPS) is 10.3. The van der Waals surface area contributed by atoms with Crippen molar-refractivity contribution in [3.63, 3.8) is 0 Å². The molecule has 3 aromatic carbocycles. The van der Waals surface area contributed by atoms with E-state index in [1.165, 1.54) is 0 Å². The van der Waals surface area contributed by atoms with Crippen LogP contribution in [0.3, 0.4) is 0 Å². The van der Waals surface area contributed by atoms with E-state index < -0.39 is 10.5 Å². The number of rotatable bonds is 6. The van der Waals surface area contributed by atoms with Crippen LogP contribution in [0.15, 0.2) is 66.7 Å². The number of hydrogen-bond acceptors (Lipinski definition) is 4. The summed E-state index contributed by atoms with van der Waals surface area (Å²) >= 11 is 10.9. The Bertz CT molecular complexity index is 980. The van der Waals surface area contributed by atoms with Gasteiger partial charge in [0.25, 0.3) is 10.5 Å². The molecule has 0 spiro atoms. The second kappa shape index (κ2) is 8.25. The van der Waals surface area contributed by atoms with Crippen molar-refractivity contribution in [1.82, 2.24) is 0 Å². The van der Waals surface area contributed by atoms with Crippen molar-refractivity contribution in [2.24, 2.45) is 0 Å². The molecule has 0 fully saturated rings. The first kappa shape index (κ1) is 19.0. The fourth-order valence-electron chi connectivity index (χ4n) is 2.37. The van der Waals surface area contributed by atoms with E-state index >= 15 is 0 Å². The second-order valence-corrected chi connectivity index (χ2v) is 6.41. The first-order valence-corrected chi connectivity index (χ1v) is 8.74. The van der Waals surface area contributed by atoms with Gasteiger partial charge in [-0.1, -0.05) is 0 Å². The highest BCUT2D eigenvalue weighted by atomic mass is 35.5. The van der Waals surface area contributed by atoms with Gasteiger partial charge < -0.3 is 9.47 Å². The molecule has 0 bridgehead atoms. The van der Waals surface area contributed by atoms with Crippen molar-refractivity contribution in [3.8, 4) is 23.0 Å². The number of benzene rings is 3. The first-order valence-electron chi connectivity index (χ1n) is 7.98. The van der Waals surface area contributed by atoms with E-state index in [1.807, 2.05) is 13.0 Å². The van der Waals surface area contributed by atoms with Gasteiger partial charge in [0.05, 0.1) is 0 Å². The summed E-state index contributed by atoms with van der Waals surface area (Å²) in [6.07, 6.45) is 0. The maximum Gasteiger partial charge on any atom is 0.252 e. The van der Waals surface area contributed by atoms with Gasteiger partial charge in [-0.05, 0) is 102 Å². The maximum absolute atomic E-state index is 11.1. The Labute approximate surface area is 166 Å². The summed E-state index contributed by atoms with van der Waals surface area (Å²) in [5.41, 5.74) is 1.69. The molecule has 0 amide bonds. The molecule has 3 aromatic rings. The van der Waals surface area contributed by atoms with Crippen LogP contribution >= 0.6 is 23.2 Å². The van der Waals surface area contributed by atoms with Crippen LogP contribution in [-0.2, 0) is 0 Å². The van der Waals surface area contributed by atoms with Crippen molar-refractivity contribution in [1.29, 1.82) is 0 Å². The molecule has 0 saturated heterocycles. The Morgan fingerprint density at radius 1 is 0.667 bits per heavy atom. The van der Waals surface area contributed by atoms with E-state index in [0.717, 1.165) is 5.56 Å². The van der Waals surface area contributed by atoms with Crippen molar-refractivity contribution < 1.29 is 19.1 Å². The van der Waals surface area contributed by atoms with Gasteiger partial charge in [0.15, 0.2) is 0 Å². The van der Waals surface area contributed by atoms with Gasteiger partial charge in [0.2, 0.25) is 0 Å². The number of ether oxygens (including phenoxy) is 2. The van der Waals surface area contributed by atoms with Gasteiger partial charge in [0, 0.05) is 11.1 Å². The smallest absolute Gasteiger partial charge is 0.252 e. The SMILES string of the molecule is Cc1cc(Oc2ccc(C(=O)Cl)cc2)ccc1Oc1ccc(C(=O)Cl)cc1. The molecule has 0 aromatic heterocycles. The molecule has 0 aliphatic carbocycles. The Hall–Kier alpha value is -2.82. The van der Waals surface area contributed by atoms with Crippen LogP contribution in [0.5, 0.6) is 23.0 Å². The zero-order valence-corrected chi connectivity index (χ0v) is 15.8. The van der Waals surface area contributed by atoms with E-state index in [9.17, 15) is 9.59 Å². The van der Waals surface area contributed by atoms with Gasteiger partial charge in [-0.15, -0.1) is 0 Å². The Kier molecular flexibility index (Phi) is 5.79. The molecule has 136 valence electrons. The highest BCUT2D eigenvalue weighted by molar-refractivity contribution is 6.68. The topological polar surface area (TPSA) is 52.6 Å². The van der Waals surface area contributed by atoms with E-state index in [0.29, 0.717) is 34.1 Å². The molecule has 3 rings (SSSR count). The summed E-state index contributed by atoms with van der Waals surface area (Å²) in [6, 6.07) is 18.5. The Balaban J connectivity index is 1.71. The lowest BCUT2D eigenvalue weighted by molar-refractivity contribution is 0.107. The lowest BCUT2D eigenvalue weighted by atomic mass is 10.2. The standard InChI is InChI=1S/C21H14Cl2O4/c1-13-12-18(26-16-6-2-14(3-7-16)20(22)24)10-11-19(13)27-17-8-4-15(5-9-17)21(23)25/h2-12H,1H3. The van der Waals surface area contributed by atoms with Crippen LogP contribution in [-0.4, -0.2) is 10.5 Å². The highest BCUT2D eigenvalue weighted by Crippen LogP contribution is 2.30. The molecule has 27 heavy (non-hydrogen) atoms. The van der Waals surface area contributed by atoms with Gasteiger partial charge in [-0.3, -0.25) is 9.59 Å². The molecule has 0 saturated carbocycles. The monoisotopic (exact) mass is 400 g/mol. The summed E-state index contributed by atoms with van der Waals surface area (Å²) in [5, 5.41) is -1.02. The average molecular weight is 401 g/mol. The minimum atomic E-state index is -0.512. The third-order valence-corrected chi connectivity index (χ3v) is 4.21. The minimum absolute atomic E-state index is 0.408. The quantitative estimate of drug-likeness (QED) is 0.453. The van der Waals surface area contributed by atoms with Crippen LogP contribution < -0.4 is 9.47 Å². The van der Waals surface area contributed by atoms with Crippen molar-refractivity contribution >= 4 is 33.7 Å². The van der Waals surface area contributed by atoms with Crippen LogP contribution in [0.2, 0.25) is 0 Å². The lowest BCUT2D eigenvalue weighted by Gasteiger charge is -2.11. The Morgan fingerprint density at radius 3 is 1.56 bits per heavy atom. The van der Waals surface area contributed by atoms with Crippen molar-refractivity contribution in [2.45, 2.75) is 6.92 Å². The number of carbonyl (C=O) groups excluding carboxylic acids is 2. The van der Waals surface area contributed by atoms with Gasteiger partial charge in [-0.25, -0.2) is 0 Å². The predicted octanol–water partition coefficient (Wildman–Crippen LogP) is 6.34. The number of carbonyl (C=O) groups is 2. The van der Waals surface area contributed by atoms with Crippen molar-refractivity contribution in [3.05, 3.63) is 83.4 Å². The zero-order chi connectivity index (χ0) is 19.4. The number of halogens is 2. The zero-order valence-electron chi connectivity index (χ0n) is 14.2. The third kappa shape index (κ3) is 4.88. The summed E-state index contributed by atoms with van der Waals surface area (Å²) in [7, 11) is 0. The predicted molar refractivity (Wildman–Crippen MR) is 105 cm³/mol. The van der Waals surface area contributed by atoms with Gasteiger partial charge in [-0.2, -0.15) is 0 Å². The molecule has 0 N–H and O–H groups in total. The van der Waals surface area contributed by atoms with E-state index in [2.05, 4.69) is 0 Å². The number of aryl methyl sites for hydroxylation is 1. The molecule has 6 heteroatoms. The Morgan fingerprint density at radius 2 is 1.11 bits per heavy atom. The first-order chi connectivity index (χ1) is 12.9. The fourth-order valence-corrected chi connectivity index (χ4v) is 2.62. The van der Waals surface area contributed by atoms with Crippen LogP contribution in [0, 0.1) is 6.92 Å². The summed E-state index contributed by atoms with van der Waals surface area (Å²) in [4.78, 5) is 22.2. The van der Waals surface area contributed by atoms with E-state index in [1.54, 1.807) is 60.7 Å². The molecule has 0 aliphatic rings. The summed E-state index contributed by atoms with van der Waals surface area (Å²) in [6.45, 7) is 1.90. The molecule has 0 heterocycles.